The van der Waals surface area contributed by atoms with E-state index >= 15 is 0 Å². The molecular weight excluding hydrogens is 408 g/mol. The summed E-state index contributed by atoms with van der Waals surface area (Å²) in [5, 5.41) is 3.32. The van der Waals surface area contributed by atoms with E-state index in [1.54, 1.807) is 16.4 Å². The molecule has 1 saturated heterocycles. The van der Waals surface area contributed by atoms with Gasteiger partial charge in [-0.3, -0.25) is 4.79 Å². The van der Waals surface area contributed by atoms with Crippen molar-refractivity contribution in [1.29, 1.82) is 0 Å². The van der Waals surface area contributed by atoms with Crippen molar-refractivity contribution in [1.82, 2.24) is 9.62 Å². The van der Waals surface area contributed by atoms with Crippen LogP contribution in [0, 0.1) is 16.7 Å². The molecule has 172 valence electrons. The number of carbonyl (C=O) groups excluding carboxylic acids is 1. The van der Waals surface area contributed by atoms with E-state index in [2.05, 4.69) is 26.1 Å². The average Bonchev–Trinajstić information content (AvgIpc) is 3.22. The van der Waals surface area contributed by atoms with Crippen LogP contribution in [0.5, 0.6) is 0 Å². The van der Waals surface area contributed by atoms with Crippen LogP contribution < -0.4 is 5.32 Å². The summed E-state index contributed by atoms with van der Waals surface area (Å²) in [7, 11) is -3.61. The lowest BCUT2D eigenvalue weighted by molar-refractivity contribution is 0.0737. The molecule has 0 spiro atoms. The van der Waals surface area contributed by atoms with E-state index in [9.17, 15) is 13.2 Å². The van der Waals surface area contributed by atoms with Gasteiger partial charge in [0.05, 0.1) is 4.90 Å². The number of nitrogens with zero attached hydrogens (tertiary/aromatic N) is 1. The summed E-state index contributed by atoms with van der Waals surface area (Å²) >= 11 is 0. The largest absolute Gasteiger partial charge is 0.348 e. The van der Waals surface area contributed by atoms with Gasteiger partial charge in [-0.05, 0) is 72.5 Å². The minimum Gasteiger partial charge on any atom is -0.348 e. The van der Waals surface area contributed by atoms with E-state index in [0.717, 1.165) is 37.7 Å². The van der Waals surface area contributed by atoms with Crippen molar-refractivity contribution in [3.8, 4) is 0 Å². The molecule has 4 rings (SSSR count). The number of nitrogens with one attached hydrogen (secondary N) is 1. The van der Waals surface area contributed by atoms with Gasteiger partial charge in [0, 0.05) is 24.7 Å². The highest BCUT2D eigenvalue weighted by Crippen LogP contribution is 2.62. The summed E-state index contributed by atoms with van der Waals surface area (Å²) in [4.78, 5) is 13.6. The van der Waals surface area contributed by atoms with Crippen LogP contribution in [-0.2, 0) is 10.0 Å². The quantitative estimate of drug-likeness (QED) is 0.697. The molecule has 5 nitrogen and oxygen atoms in total. The number of piperidine rings is 1. The van der Waals surface area contributed by atoms with E-state index in [1.165, 1.54) is 6.42 Å². The van der Waals surface area contributed by atoms with Gasteiger partial charge in [0.25, 0.3) is 5.91 Å². The normalized spacial score (nSPS) is 30.6. The highest BCUT2D eigenvalue weighted by atomic mass is 32.2. The standard InChI is InChI=1S/C25H38N2O3S/c1-17(2)20-10-9-18(15-21(20)31(29,30)27-13-7-6-8-14-27)22(28)26-23-24(3,4)19-11-12-25(23,5)16-19/h9-10,15,17,19,23H,6-8,11-14,16H2,1-5H3,(H,26,28)/t19-,23-,25+/m1/s1. The first kappa shape index (κ1) is 22.8. The highest BCUT2D eigenvalue weighted by molar-refractivity contribution is 7.89. The number of carbonyl (C=O) groups is 1. The molecule has 0 aromatic heterocycles. The van der Waals surface area contributed by atoms with Gasteiger partial charge in [-0.15, -0.1) is 0 Å². The molecule has 31 heavy (non-hydrogen) atoms. The molecule has 2 bridgehead atoms. The summed E-state index contributed by atoms with van der Waals surface area (Å²) in [5.74, 6) is 0.550. The summed E-state index contributed by atoms with van der Waals surface area (Å²) in [6.45, 7) is 12.0. The van der Waals surface area contributed by atoms with E-state index < -0.39 is 10.0 Å². The number of hydrogen-bond donors (Lipinski definition) is 1. The molecule has 0 unspecified atom stereocenters. The second kappa shape index (κ2) is 7.87. The number of sulfonamides is 1. The monoisotopic (exact) mass is 446 g/mol. The summed E-state index contributed by atoms with van der Waals surface area (Å²) in [5.41, 5.74) is 1.42. The van der Waals surface area contributed by atoms with Crippen LogP contribution in [0.25, 0.3) is 0 Å². The summed E-state index contributed by atoms with van der Waals surface area (Å²) in [6, 6.07) is 5.36. The molecule has 1 N–H and O–H groups in total. The summed E-state index contributed by atoms with van der Waals surface area (Å²) < 4.78 is 28.6. The SMILES string of the molecule is CC(C)c1ccc(C(=O)N[C@@H]2C(C)(C)[C@@H]3CC[C@@]2(C)C3)cc1S(=O)(=O)N1CCCCC1. The zero-order chi connectivity index (χ0) is 22.6. The molecular formula is C25H38N2O3S. The van der Waals surface area contributed by atoms with Crippen LogP contribution in [0.2, 0.25) is 0 Å². The van der Waals surface area contributed by atoms with Crippen LogP contribution in [0.15, 0.2) is 23.1 Å². The first-order valence-corrected chi connectivity index (χ1v) is 13.4. The van der Waals surface area contributed by atoms with Crippen molar-refractivity contribution >= 4 is 15.9 Å². The molecule has 6 heteroatoms. The number of fused-ring (bicyclic) bond motifs is 2. The Kier molecular flexibility index (Phi) is 5.79. The maximum atomic E-state index is 13.5. The molecule has 2 aliphatic carbocycles. The Labute approximate surface area is 188 Å². The number of amides is 1. The topological polar surface area (TPSA) is 66.5 Å². The van der Waals surface area contributed by atoms with Crippen LogP contribution in [0.3, 0.4) is 0 Å². The lowest BCUT2D eigenvalue weighted by atomic mass is 9.68. The lowest BCUT2D eigenvalue weighted by Gasteiger charge is -2.43. The van der Waals surface area contributed by atoms with Gasteiger partial charge in [-0.1, -0.05) is 47.1 Å². The third kappa shape index (κ3) is 3.84. The Balaban J connectivity index is 1.65. The maximum Gasteiger partial charge on any atom is 0.251 e. The molecule has 1 heterocycles. The molecule has 3 atom stereocenters. The van der Waals surface area contributed by atoms with E-state index in [-0.39, 0.29) is 28.7 Å². The molecule has 1 aromatic carbocycles. The van der Waals surface area contributed by atoms with Crippen molar-refractivity contribution in [2.45, 2.75) is 90.0 Å². The molecule has 3 aliphatic rings. The molecule has 1 aromatic rings. The number of hydrogen-bond acceptors (Lipinski definition) is 3. The van der Waals surface area contributed by atoms with Gasteiger partial charge < -0.3 is 5.32 Å². The molecule has 0 radical (unpaired) electrons. The van der Waals surface area contributed by atoms with Gasteiger partial charge in [-0.25, -0.2) is 8.42 Å². The lowest BCUT2D eigenvalue weighted by Crippen LogP contribution is -2.52. The first-order chi connectivity index (χ1) is 14.5. The van der Waals surface area contributed by atoms with Gasteiger partial charge >= 0.3 is 0 Å². The Morgan fingerprint density at radius 3 is 2.39 bits per heavy atom. The molecule has 2 saturated carbocycles. The van der Waals surface area contributed by atoms with Gasteiger partial charge in [0.15, 0.2) is 0 Å². The van der Waals surface area contributed by atoms with E-state index in [1.807, 2.05) is 19.9 Å². The fourth-order valence-corrected chi connectivity index (χ4v) is 8.39. The van der Waals surface area contributed by atoms with Crippen molar-refractivity contribution in [3.05, 3.63) is 29.3 Å². The van der Waals surface area contributed by atoms with Gasteiger partial charge in [0.1, 0.15) is 0 Å². The highest BCUT2D eigenvalue weighted by Gasteiger charge is 2.59. The molecule has 3 fully saturated rings. The number of benzene rings is 1. The van der Waals surface area contributed by atoms with Crippen molar-refractivity contribution in [2.24, 2.45) is 16.7 Å². The predicted octanol–water partition coefficient (Wildman–Crippen LogP) is 4.93. The zero-order valence-corrected chi connectivity index (χ0v) is 20.5. The Hall–Kier alpha value is -1.40. The second-order valence-electron chi connectivity index (χ2n) is 11.2. The van der Waals surface area contributed by atoms with Gasteiger partial charge in [0.2, 0.25) is 10.0 Å². The second-order valence-corrected chi connectivity index (χ2v) is 13.1. The third-order valence-electron chi connectivity index (χ3n) is 8.38. The predicted molar refractivity (Wildman–Crippen MR) is 124 cm³/mol. The average molecular weight is 447 g/mol. The van der Waals surface area contributed by atoms with Crippen LogP contribution in [0.1, 0.15) is 95.0 Å². The summed E-state index contributed by atoms with van der Waals surface area (Å²) in [6.07, 6.45) is 6.40. The van der Waals surface area contributed by atoms with Crippen LogP contribution >= 0.6 is 0 Å². The smallest absolute Gasteiger partial charge is 0.251 e. The van der Waals surface area contributed by atoms with E-state index in [0.29, 0.717) is 29.5 Å². The van der Waals surface area contributed by atoms with Gasteiger partial charge in [-0.2, -0.15) is 4.31 Å². The minimum absolute atomic E-state index is 0.0588. The zero-order valence-electron chi connectivity index (χ0n) is 19.7. The minimum atomic E-state index is -3.61. The fourth-order valence-electron chi connectivity index (χ4n) is 6.50. The van der Waals surface area contributed by atoms with Crippen molar-refractivity contribution in [2.75, 3.05) is 13.1 Å². The van der Waals surface area contributed by atoms with Crippen LogP contribution in [0.4, 0.5) is 0 Å². The van der Waals surface area contributed by atoms with Crippen molar-refractivity contribution < 1.29 is 13.2 Å². The first-order valence-electron chi connectivity index (χ1n) is 11.9. The van der Waals surface area contributed by atoms with E-state index in [4.69, 9.17) is 0 Å². The Bertz CT molecular complexity index is 958. The number of rotatable bonds is 5. The Morgan fingerprint density at radius 1 is 1.13 bits per heavy atom. The van der Waals surface area contributed by atoms with Crippen LogP contribution in [-0.4, -0.2) is 37.8 Å². The molecule has 1 amide bonds. The molecule has 1 aliphatic heterocycles. The van der Waals surface area contributed by atoms with Crippen molar-refractivity contribution in [3.63, 3.8) is 0 Å². The third-order valence-corrected chi connectivity index (χ3v) is 10.3. The Morgan fingerprint density at radius 2 is 1.81 bits per heavy atom. The fraction of sp³-hybridized carbons (Fsp3) is 0.720. The maximum absolute atomic E-state index is 13.5.